The third kappa shape index (κ3) is 1.94. The highest BCUT2D eigenvalue weighted by Crippen LogP contribution is 2.27. The Morgan fingerprint density at radius 3 is 2.60 bits per heavy atom. The van der Waals surface area contributed by atoms with Crippen LogP contribution in [0.2, 0.25) is 0 Å². The Morgan fingerprint density at radius 2 is 1.93 bits per heavy atom. The first-order valence-corrected chi connectivity index (χ1v) is 5.16. The summed E-state index contributed by atoms with van der Waals surface area (Å²) in [5.74, 6) is 0.466. The number of carbonyl (C=O) groups excluding carboxylic acids is 1. The molecule has 1 aliphatic rings. The molecule has 0 N–H and O–H groups in total. The van der Waals surface area contributed by atoms with E-state index in [1.54, 1.807) is 11.0 Å². The lowest BCUT2D eigenvalue weighted by molar-refractivity contribution is -0.125. The van der Waals surface area contributed by atoms with Crippen LogP contribution in [-0.4, -0.2) is 24.4 Å². The van der Waals surface area contributed by atoms with Crippen molar-refractivity contribution in [3.8, 4) is 0 Å². The van der Waals surface area contributed by atoms with Crippen LogP contribution in [0.1, 0.15) is 18.4 Å². The average molecular weight is 201 g/mol. The summed E-state index contributed by atoms with van der Waals surface area (Å²) in [7, 11) is 1.85. The van der Waals surface area contributed by atoms with E-state index in [4.69, 9.17) is 0 Å². The highest BCUT2D eigenvalue weighted by atomic mass is 16.2. The fourth-order valence-electron chi connectivity index (χ4n) is 1.97. The monoisotopic (exact) mass is 201 g/mol. The van der Waals surface area contributed by atoms with Crippen molar-refractivity contribution in [2.45, 2.75) is 12.8 Å². The maximum atomic E-state index is 11.4. The summed E-state index contributed by atoms with van der Waals surface area (Å²) in [5.41, 5.74) is 2.44. The molecule has 0 spiro atoms. The smallest absolute Gasteiger partial charge is 0.246 e. The van der Waals surface area contributed by atoms with E-state index in [9.17, 15) is 4.79 Å². The molecule has 0 saturated heterocycles. The van der Waals surface area contributed by atoms with Crippen molar-refractivity contribution in [1.82, 2.24) is 4.90 Å². The Kier molecular flexibility index (Phi) is 2.58. The summed E-state index contributed by atoms with van der Waals surface area (Å²) in [6, 6.07) is 10.3. The van der Waals surface area contributed by atoms with Gasteiger partial charge in [0.05, 0.1) is 0 Å². The first-order valence-electron chi connectivity index (χ1n) is 5.16. The number of likely N-dealkylation sites (N-methyl/N-ethyl adjacent to an activating group) is 1. The molecule has 2 heteroatoms. The van der Waals surface area contributed by atoms with Crippen LogP contribution in [0.3, 0.4) is 0 Å². The van der Waals surface area contributed by atoms with Crippen LogP contribution in [0.25, 0.3) is 0 Å². The molecular weight excluding hydrogens is 186 g/mol. The molecular formula is C13H15NO. The second-order valence-corrected chi connectivity index (χ2v) is 4.07. The third-order valence-electron chi connectivity index (χ3n) is 2.94. The number of carbonyl (C=O) groups is 1. The molecule has 1 amide bonds. The number of benzene rings is 1. The van der Waals surface area contributed by atoms with Gasteiger partial charge in [-0.25, -0.2) is 0 Å². The van der Waals surface area contributed by atoms with Crippen LogP contribution in [0, 0.1) is 0 Å². The van der Waals surface area contributed by atoms with Crippen LogP contribution >= 0.6 is 0 Å². The van der Waals surface area contributed by atoms with Crippen LogP contribution in [0.4, 0.5) is 0 Å². The fourth-order valence-corrected chi connectivity index (χ4v) is 1.97. The Balaban J connectivity index is 2.32. The molecule has 78 valence electrons. The van der Waals surface area contributed by atoms with E-state index >= 15 is 0 Å². The van der Waals surface area contributed by atoms with Crippen molar-refractivity contribution in [3.05, 3.63) is 47.5 Å². The number of nitrogens with zero attached hydrogens (tertiary/aromatic N) is 1. The first-order chi connectivity index (χ1) is 7.18. The molecule has 1 aromatic carbocycles. The van der Waals surface area contributed by atoms with Crippen molar-refractivity contribution < 1.29 is 4.79 Å². The van der Waals surface area contributed by atoms with E-state index in [-0.39, 0.29) is 5.91 Å². The van der Waals surface area contributed by atoms with E-state index in [0.717, 1.165) is 12.1 Å². The minimum absolute atomic E-state index is 0.111. The van der Waals surface area contributed by atoms with Crippen LogP contribution < -0.4 is 0 Å². The normalized spacial score (nSPS) is 21.5. The van der Waals surface area contributed by atoms with Gasteiger partial charge < -0.3 is 4.90 Å². The van der Waals surface area contributed by atoms with Crippen molar-refractivity contribution in [2.75, 3.05) is 13.6 Å². The summed E-state index contributed by atoms with van der Waals surface area (Å²) in [4.78, 5) is 13.2. The fraction of sp³-hybridized carbons (Fsp3) is 0.308. The van der Waals surface area contributed by atoms with E-state index < -0.39 is 0 Å². The summed E-state index contributed by atoms with van der Waals surface area (Å²) in [6.45, 7) is 2.81. The zero-order valence-corrected chi connectivity index (χ0v) is 9.10. The van der Waals surface area contributed by atoms with Crippen LogP contribution in [-0.2, 0) is 4.79 Å². The Morgan fingerprint density at radius 1 is 1.27 bits per heavy atom. The molecule has 0 bridgehead atoms. The molecule has 0 aliphatic carbocycles. The van der Waals surface area contributed by atoms with E-state index in [1.807, 2.05) is 32.2 Å². The molecule has 0 aromatic heterocycles. The Hall–Kier alpha value is -1.57. The number of amides is 1. The molecule has 1 unspecified atom stereocenters. The topological polar surface area (TPSA) is 20.3 Å². The van der Waals surface area contributed by atoms with Gasteiger partial charge in [0.1, 0.15) is 0 Å². The molecule has 15 heavy (non-hydrogen) atoms. The van der Waals surface area contributed by atoms with E-state index in [1.165, 1.54) is 5.56 Å². The van der Waals surface area contributed by atoms with E-state index in [0.29, 0.717) is 5.92 Å². The lowest BCUT2D eigenvalue weighted by Crippen LogP contribution is -2.34. The van der Waals surface area contributed by atoms with E-state index in [2.05, 4.69) is 12.1 Å². The summed E-state index contributed by atoms with van der Waals surface area (Å²) >= 11 is 0. The van der Waals surface area contributed by atoms with Crippen molar-refractivity contribution in [2.24, 2.45) is 0 Å². The van der Waals surface area contributed by atoms with Crippen molar-refractivity contribution >= 4 is 5.91 Å². The van der Waals surface area contributed by atoms with Gasteiger partial charge in [-0.05, 0) is 12.5 Å². The number of hydrogen-bond donors (Lipinski definition) is 0. The zero-order valence-electron chi connectivity index (χ0n) is 9.10. The van der Waals surface area contributed by atoms with Gasteiger partial charge in [-0.15, -0.1) is 0 Å². The second kappa shape index (κ2) is 3.89. The highest BCUT2D eigenvalue weighted by Gasteiger charge is 2.23. The largest absolute Gasteiger partial charge is 0.341 e. The first kappa shape index (κ1) is 9.97. The van der Waals surface area contributed by atoms with Crippen LogP contribution in [0.15, 0.2) is 42.0 Å². The molecule has 0 radical (unpaired) electrons. The summed E-state index contributed by atoms with van der Waals surface area (Å²) in [6.07, 6.45) is 1.74. The van der Waals surface area contributed by atoms with Crippen molar-refractivity contribution in [1.29, 1.82) is 0 Å². The quantitative estimate of drug-likeness (QED) is 0.682. The number of hydrogen-bond acceptors (Lipinski definition) is 1. The van der Waals surface area contributed by atoms with Gasteiger partial charge in [0.2, 0.25) is 5.91 Å². The predicted octanol–water partition coefficient (Wildman–Crippen LogP) is 2.19. The Bertz CT molecular complexity index is 394. The van der Waals surface area contributed by atoms with Crippen LogP contribution in [0.5, 0.6) is 0 Å². The molecule has 0 saturated carbocycles. The summed E-state index contributed by atoms with van der Waals surface area (Å²) in [5, 5.41) is 0. The standard InChI is InChI=1S/C13H15NO/c1-10-8-13(15)14(2)9-12(10)11-6-4-3-5-7-11/h3-8,12H,9H2,1-2H3. The molecule has 1 aromatic rings. The number of rotatable bonds is 1. The highest BCUT2D eigenvalue weighted by molar-refractivity contribution is 5.89. The minimum atomic E-state index is 0.111. The molecule has 1 atom stereocenters. The zero-order chi connectivity index (χ0) is 10.8. The Labute approximate surface area is 90.2 Å². The molecule has 1 heterocycles. The van der Waals surface area contributed by atoms with Gasteiger partial charge in [-0.2, -0.15) is 0 Å². The van der Waals surface area contributed by atoms with Gasteiger partial charge in [-0.1, -0.05) is 35.9 Å². The van der Waals surface area contributed by atoms with Gasteiger partial charge in [0, 0.05) is 25.6 Å². The van der Waals surface area contributed by atoms with Crippen molar-refractivity contribution in [3.63, 3.8) is 0 Å². The SMILES string of the molecule is CC1=CC(=O)N(C)CC1c1ccccc1. The minimum Gasteiger partial charge on any atom is -0.341 e. The average Bonchev–Trinajstić information content (AvgIpc) is 2.25. The van der Waals surface area contributed by atoms with Gasteiger partial charge >= 0.3 is 0 Å². The lowest BCUT2D eigenvalue weighted by Gasteiger charge is -2.29. The molecule has 1 aliphatic heterocycles. The van der Waals surface area contributed by atoms with Gasteiger partial charge in [0.25, 0.3) is 0 Å². The molecule has 2 nitrogen and oxygen atoms in total. The van der Waals surface area contributed by atoms with Gasteiger partial charge in [0.15, 0.2) is 0 Å². The maximum absolute atomic E-state index is 11.4. The second-order valence-electron chi connectivity index (χ2n) is 4.07. The lowest BCUT2D eigenvalue weighted by atomic mass is 9.89. The van der Waals surface area contributed by atoms with Gasteiger partial charge in [-0.3, -0.25) is 4.79 Å². The molecule has 2 rings (SSSR count). The predicted molar refractivity (Wildman–Crippen MR) is 60.6 cm³/mol. The summed E-state index contributed by atoms with van der Waals surface area (Å²) < 4.78 is 0. The molecule has 0 fully saturated rings. The maximum Gasteiger partial charge on any atom is 0.246 e. The third-order valence-corrected chi connectivity index (χ3v) is 2.94.